The summed E-state index contributed by atoms with van der Waals surface area (Å²) in [5.74, 6) is 1.32. The topological polar surface area (TPSA) is 38.4 Å². The largest absolute Gasteiger partial charge is 0.455 e. The predicted molar refractivity (Wildman–Crippen MR) is 131 cm³/mol. The van der Waals surface area contributed by atoms with Crippen LogP contribution in [0.15, 0.2) is 82.2 Å². The third kappa shape index (κ3) is 4.28. The number of aryl methyl sites for hydroxylation is 1. The first-order chi connectivity index (χ1) is 15.0. The van der Waals surface area contributed by atoms with Gasteiger partial charge in [0.25, 0.3) is 0 Å². The highest BCUT2D eigenvalue weighted by atomic mass is 35.5. The molecular formula is C25H16Cl2N2OS. The molecule has 3 nitrogen and oxygen atoms in total. The molecule has 3 aromatic carbocycles. The molecule has 0 fully saturated rings. The van der Waals surface area contributed by atoms with Gasteiger partial charge in [0.15, 0.2) is 0 Å². The fourth-order valence-electron chi connectivity index (χ4n) is 3.25. The van der Waals surface area contributed by atoms with Crippen molar-refractivity contribution in [3.05, 3.63) is 94.2 Å². The van der Waals surface area contributed by atoms with Crippen molar-refractivity contribution >= 4 is 56.7 Å². The van der Waals surface area contributed by atoms with Crippen LogP contribution < -0.4 is 0 Å². The van der Waals surface area contributed by atoms with E-state index in [2.05, 4.69) is 30.1 Å². The van der Waals surface area contributed by atoms with Gasteiger partial charge in [-0.25, -0.2) is 4.98 Å². The molecule has 152 valence electrons. The standard InChI is InChI=1S/C25H16Cl2N2OS/c1-15-2-11-24-22(12-15)29-25(31-24)16-3-6-18(7-4-16)28-14-19-8-10-23(30-19)20-9-5-17(26)13-21(20)27/h2-14H,1H3. The number of furan rings is 1. The van der Waals surface area contributed by atoms with Gasteiger partial charge in [-0.15, -0.1) is 11.3 Å². The minimum Gasteiger partial charge on any atom is -0.455 e. The van der Waals surface area contributed by atoms with Crippen molar-refractivity contribution in [1.82, 2.24) is 4.98 Å². The molecule has 5 rings (SSSR count). The molecule has 0 saturated carbocycles. The van der Waals surface area contributed by atoms with E-state index in [0.717, 1.165) is 27.3 Å². The maximum Gasteiger partial charge on any atom is 0.145 e. The monoisotopic (exact) mass is 462 g/mol. The molecule has 0 saturated heterocycles. The summed E-state index contributed by atoms with van der Waals surface area (Å²) in [5.41, 5.74) is 4.96. The van der Waals surface area contributed by atoms with Gasteiger partial charge in [-0.1, -0.05) is 29.3 Å². The Morgan fingerprint density at radius 1 is 0.935 bits per heavy atom. The molecule has 5 aromatic rings. The Bertz CT molecular complexity index is 1420. The fraction of sp³-hybridized carbons (Fsp3) is 0.0400. The number of nitrogens with zero attached hydrogens (tertiary/aromatic N) is 2. The Kier molecular flexibility index (Phi) is 5.36. The lowest BCUT2D eigenvalue weighted by Gasteiger charge is -2.00. The highest BCUT2D eigenvalue weighted by molar-refractivity contribution is 7.21. The zero-order valence-electron chi connectivity index (χ0n) is 16.5. The van der Waals surface area contributed by atoms with Gasteiger partial charge in [0.2, 0.25) is 0 Å². The summed E-state index contributed by atoms with van der Waals surface area (Å²) in [5, 5.41) is 2.14. The Hall–Kier alpha value is -2.92. The first kappa shape index (κ1) is 20.0. The lowest BCUT2D eigenvalue weighted by atomic mass is 10.2. The maximum absolute atomic E-state index is 6.26. The van der Waals surface area contributed by atoms with Gasteiger partial charge in [-0.05, 0) is 79.2 Å². The normalized spacial score (nSPS) is 11.6. The summed E-state index contributed by atoms with van der Waals surface area (Å²) in [6.07, 6.45) is 1.70. The molecule has 6 heteroatoms. The minimum atomic E-state index is 0.547. The molecule has 31 heavy (non-hydrogen) atoms. The molecule has 0 spiro atoms. The van der Waals surface area contributed by atoms with E-state index in [0.29, 0.717) is 21.6 Å². The molecular weight excluding hydrogens is 447 g/mol. The molecule has 0 aliphatic carbocycles. The zero-order valence-corrected chi connectivity index (χ0v) is 18.8. The highest BCUT2D eigenvalue weighted by Gasteiger charge is 2.09. The maximum atomic E-state index is 6.26. The van der Waals surface area contributed by atoms with E-state index in [1.165, 1.54) is 10.3 Å². The Labute approximate surface area is 193 Å². The number of benzene rings is 3. The van der Waals surface area contributed by atoms with Gasteiger partial charge in [0, 0.05) is 16.1 Å². The van der Waals surface area contributed by atoms with E-state index in [1.807, 2.05) is 42.5 Å². The van der Waals surface area contributed by atoms with E-state index in [-0.39, 0.29) is 0 Å². The number of fused-ring (bicyclic) bond motifs is 1. The molecule has 0 radical (unpaired) electrons. The van der Waals surface area contributed by atoms with Crippen molar-refractivity contribution in [3.63, 3.8) is 0 Å². The predicted octanol–water partition coefficient (Wildman–Crippen LogP) is 8.59. The second-order valence-corrected chi connectivity index (χ2v) is 9.00. The number of thiazole rings is 1. The minimum absolute atomic E-state index is 0.547. The van der Waals surface area contributed by atoms with Crippen LogP contribution in [0.4, 0.5) is 5.69 Å². The number of hydrogen-bond donors (Lipinski definition) is 0. The van der Waals surface area contributed by atoms with Gasteiger partial charge in [0.05, 0.1) is 27.1 Å². The van der Waals surface area contributed by atoms with Crippen molar-refractivity contribution in [1.29, 1.82) is 0 Å². The van der Waals surface area contributed by atoms with Gasteiger partial charge < -0.3 is 4.42 Å². The van der Waals surface area contributed by atoms with Crippen LogP contribution in [0.3, 0.4) is 0 Å². The number of aliphatic imine (C=N–C) groups is 1. The molecule has 0 N–H and O–H groups in total. The van der Waals surface area contributed by atoms with Crippen LogP contribution in [0.2, 0.25) is 10.0 Å². The van der Waals surface area contributed by atoms with Crippen molar-refractivity contribution in [2.24, 2.45) is 4.99 Å². The van der Waals surface area contributed by atoms with E-state index >= 15 is 0 Å². The van der Waals surface area contributed by atoms with E-state index in [4.69, 9.17) is 32.6 Å². The molecule has 0 atom stereocenters. The summed E-state index contributed by atoms with van der Waals surface area (Å²) in [4.78, 5) is 9.28. The number of aromatic nitrogens is 1. The third-order valence-electron chi connectivity index (χ3n) is 4.82. The van der Waals surface area contributed by atoms with Crippen LogP contribution in [-0.4, -0.2) is 11.2 Å². The van der Waals surface area contributed by atoms with Crippen LogP contribution >= 0.6 is 34.5 Å². The van der Waals surface area contributed by atoms with E-state index < -0.39 is 0 Å². The first-order valence-corrected chi connectivity index (χ1v) is 11.2. The quantitative estimate of drug-likeness (QED) is 0.250. The van der Waals surface area contributed by atoms with E-state index in [1.54, 1.807) is 29.7 Å². The summed E-state index contributed by atoms with van der Waals surface area (Å²) < 4.78 is 7.06. The van der Waals surface area contributed by atoms with Crippen LogP contribution in [0, 0.1) is 6.92 Å². The summed E-state index contributed by atoms with van der Waals surface area (Å²) in [7, 11) is 0. The molecule has 0 amide bonds. The smallest absolute Gasteiger partial charge is 0.145 e. The Morgan fingerprint density at radius 2 is 1.77 bits per heavy atom. The van der Waals surface area contributed by atoms with Crippen molar-refractivity contribution in [2.45, 2.75) is 6.92 Å². The molecule has 0 aliphatic rings. The molecule has 0 aliphatic heterocycles. The van der Waals surface area contributed by atoms with Crippen molar-refractivity contribution in [2.75, 3.05) is 0 Å². The number of rotatable bonds is 4. The average molecular weight is 463 g/mol. The molecule has 2 heterocycles. The molecule has 0 bridgehead atoms. The lowest BCUT2D eigenvalue weighted by molar-refractivity contribution is 0.575. The number of hydrogen-bond acceptors (Lipinski definition) is 4. The van der Waals surface area contributed by atoms with Crippen molar-refractivity contribution in [3.8, 4) is 21.9 Å². The summed E-state index contributed by atoms with van der Waals surface area (Å²) in [6, 6.07) is 23.4. The Morgan fingerprint density at radius 3 is 2.58 bits per heavy atom. The Balaban J connectivity index is 1.34. The van der Waals surface area contributed by atoms with Crippen LogP contribution in [-0.2, 0) is 0 Å². The lowest BCUT2D eigenvalue weighted by Crippen LogP contribution is -1.78. The fourth-order valence-corrected chi connectivity index (χ4v) is 4.70. The van der Waals surface area contributed by atoms with Gasteiger partial charge in [-0.2, -0.15) is 0 Å². The van der Waals surface area contributed by atoms with Crippen LogP contribution in [0.1, 0.15) is 11.3 Å². The van der Waals surface area contributed by atoms with Crippen molar-refractivity contribution < 1.29 is 4.42 Å². The van der Waals surface area contributed by atoms with Gasteiger partial charge in [0.1, 0.15) is 16.5 Å². The van der Waals surface area contributed by atoms with E-state index in [9.17, 15) is 0 Å². The average Bonchev–Trinajstić information content (AvgIpc) is 3.39. The second-order valence-electron chi connectivity index (χ2n) is 7.12. The number of halogens is 2. The van der Waals surface area contributed by atoms with Gasteiger partial charge >= 0.3 is 0 Å². The second kappa shape index (κ2) is 8.31. The summed E-state index contributed by atoms with van der Waals surface area (Å²) >= 11 is 13.9. The van der Waals surface area contributed by atoms with Crippen LogP contribution in [0.25, 0.3) is 32.1 Å². The zero-order chi connectivity index (χ0) is 21.4. The third-order valence-corrected chi connectivity index (χ3v) is 6.45. The summed E-state index contributed by atoms with van der Waals surface area (Å²) in [6.45, 7) is 2.08. The molecule has 0 unspecified atom stereocenters. The molecule has 2 aromatic heterocycles. The van der Waals surface area contributed by atoms with Gasteiger partial charge in [-0.3, -0.25) is 4.99 Å². The first-order valence-electron chi connectivity index (χ1n) is 9.62. The SMILES string of the molecule is Cc1ccc2sc(-c3ccc(N=Cc4ccc(-c5ccc(Cl)cc5Cl)o4)cc3)nc2c1. The highest BCUT2D eigenvalue weighted by Crippen LogP contribution is 2.33. The van der Waals surface area contributed by atoms with Crippen LogP contribution in [0.5, 0.6) is 0 Å².